The van der Waals surface area contributed by atoms with Crippen LogP contribution in [0.2, 0.25) is 0 Å². The maximum Gasteiger partial charge on any atom is 0.142 e. The van der Waals surface area contributed by atoms with E-state index in [1.165, 1.54) is 16.7 Å². The van der Waals surface area contributed by atoms with Crippen LogP contribution in [0.1, 0.15) is 16.7 Å². The summed E-state index contributed by atoms with van der Waals surface area (Å²) in [5.41, 5.74) is 5.01. The lowest BCUT2D eigenvalue weighted by Crippen LogP contribution is -2.32. The third-order valence-electron chi connectivity index (χ3n) is 3.49. The van der Waals surface area contributed by atoms with E-state index in [0.29, 0.717) is 0 Å². The number of hydrogen-bond acceptors (Lipinski definition) is 2. The summed E-state index contributed by atoms with van der Waals surface area (Å²) in [5.74, 6) is 0.967. The Bertz CT molecular complexity index is 592. The van der Waals surface area contributed by atoms with Gasteiger partial charge in [-0.3, -0.25) is 0 Å². The van der Waals surface area contributed by atoms with E-state index >= 15 is 0 Å². The zero-order valence-corrected chi connectivity index (χ0v) is 11.4. The fourth-order valence-corrected chi connectivity index (χ4v) is 2.55. The Morgan fingerprint density at radius 3 is 2.79 bits per heavy atom. The topological polar surface area (TPSA) is 21.3 Å². The van der Waals surface area contributed by atoms with Crippen molar-refractivity contribution in [3.8, 4) is 5.75 Å². The number of nitrogens with one attached hydrogen (secondary N) is 1. The van der Waals surface area contributed by atoms with E-state index < -0.39 is 0 Å². The Labute approximate surface area is 114 Å². The number of anilines is 1. The van der Waals surface area contributed by atoms with Crippen LogP contribution in [0.25, 0.3) is 0 Å². The SMILES string of the molecule is Cc1cccc(CC2CNc3cc(C)ccc3O2)c1. The van der Waals surface area contributed by atoms with E-state index in [2.05, 4.69) is 61.6 Å². The van der Waals surface area contributed by atoms with Crippen LogP contribution < -0.4 is 10.1 Å². The summed E-state index contributed by atoms with van der Waals surface area (Å²) < 4.78 is 6.07. The van der Waals surface area contributed by atoms with Crippen molar-refractivity contribution >= 4 is 5.69 Å². The van der Waals surface area contributed by atoms with Crippen molar-refractivity contribution in [2.24, 2.45) is 0 Å². The van der Waals surface area contributed by atoms with Gasteiger partial charge in [0.25, 0.3) is 0 Å². The number of fused-ring (bicyclic) bond motifs is 1. The van der Waals surface area contributed by atoms with Gasteiger partial charge in [-0.15, -0.1) is 0 Å². The van der Waals surface area contributed by atoms with Gasteiger partial charge in [0.05, 0.1) is 12.2 Å². The van der Waals surface area contributed by atoms with Gasteiger partial charge < -0.3 is 10.1 Å². The maximum atomic E-state index is 6.07. The minimum atomic E-state index is 0.206. The van der Waals surface area contributed by atoms with Gasteiger partial charge in [0.1, 0.15) is 11.9 Å². The molecule has 0 radical (unpaired) electrons. The molecule has 0 fully saturated rings. The standard InChI is InChI=1S/C17H19NO/c1-12-4-3-5-14(8-12)10-15-11-18-16-9-13(2)6-7-17(16)19-15/h3-9,15,18H,10-11H2,1-2H3. The van der Waals surface area contributed by atoms with Gasteiger partial charge >= 0.3 is 0 Å². The van der Waals surface area contributed by atoms with Crippen molar-refractivity contribution in [3.05, 3.63) is 59.2 Å². The molecule has 98 valence electrons. The zero-order valence-electron chi connectivity index (χ0n) is 11.4. The Balaban J connectivity index is 1.74. The van der Waals surface area contributed by atoms with Crippen LogP contribution in [-0.2, 0) is 6.42 Å². The first kappa shape index (κ1) is 12.1. The molecule has 0 saturated heterocycles. The number of aryl methyl sites for hydroxylation is 2. The molecule has 1 atom stereocenters. The number of benzene rings is 2. The van der Waals surface area contributed by atoms with E-state index in [1.807, 2.05) is 0 Å². The summed E-state index contributed by atoms with van der Waals surface area (Å²) in [6, 6.07) is 14.9. The first-order valence-electron chi connectivity index (χ1n) is 6.77. The molecule has 1 N–H and O–H groups in total. The average Bonchev–Trinajstić information content (AvgIpc) is 2.39. The van der Waals surface area contributed by atoms with Gasteiger partial charge in [0.2, 0.25) is 0 Å². The van der Waals surface area contributed by atoms with Gasteiger partial charge in [-0.25, -0.2) is 0 Å². The molecule has 0 amide bonds. The molecule has 2 nitrogen and oxygen atoms in total. The van der Waals surface area contributed by atoms with Crippen LogP contribution >= 0.6 is 0 Å². The van der Waals surface area contributed by atoms with Crippen molar-refractivity contribution in [1.82, 2.24) is 0 Å². The maximum absolute atomic E-state index is 6.07. The lowest BCUT2D eigenvalue weighted by molar-refractivity contribution is 0.206. The Hall–Kier alpha value is -1.96. The van der Waals surface area contributed by atoms with Crippen LogP contribution in [0.4, 0.5) is 5.69 Å². The fraction of sp³-hybridized carbons (Fsp3) is 0.294. The Morgan fingerprint density at radius 2 is 1.95 bits per heavy atom. The second kappa shape index (κ2) is 4.96. The predicted octanol–water partition coefficient (Wildman–Crippen LogP) is 3.72. The van der Waals surface area contributed by atoms with E-state index in [9.17, 15) is 0 Å². The lowest BCUT2D eigenvalue weighted by Gasteiger charge is -2.27. The number of hydrogen-bond donors (Lipinski definition) is 1. The molecule has 3 rings (SSSR count). The Morgan fingerprint density at radius 1 is 1.11 bits per heavy atom. The quantitative estimate of drug-likeness (QED) is 0.880. The highest BCUT2D eigenvalue weighted by molar-refractivity contribution is 5.59. The summed E-state index contributed by atoms with van der Waals surface area (Å²) in [6.07, 6.45) is 1.15. The predicted molar refractivity (Wildman–Crippen MR) is 79.0 cm³/mol. The molecule has 0 spiro atoms. The van der Waals surface area contributed by atoms with E-state index in [4.69, 9.17) is 4.74 Å². The molecule has 0 aliphatic carbocycles. The van der Waals surface area contributed by atoms with Crippen molar-refractivity contribution in [2.75, 3.05) is 11.9 Å². The van der Waals surface area contributed by atoms with Gasteiger partial charge in [-0.2, -0.15) is 0 Å². The molecular formula is C17H19NO. The molecule has 0 aromatic heterocycles. The second-order valence-corrected chi connectivity index (χ2v) is 5.31. The molecule has 1 aliphatic rings. The minimum Gasteiger partial charge on any atom is -0.486 e. The molecule has 2 aromatic rings. The minimum absolute atomic E-state index is 0.206. The van der Waals surface area contributed by atoms with Crippen molar-refractivity contribution in [2.45, 2.75) is 26.4 Å². The van der Waals surface area contributed by atoms with Crippen LogP contribution in [0.5, 0.6) is 5.75 Å². The summed E-state index contributed by atoms with van der Waals surface area (Å²) in [6.45, 7) is 5.09. The third kappa shape index (κ3) is 2.73. The fourth-order valence-electron chi connectivity index (χ4n) is 2.55. The van der Waals surface area contributed by atoms with Gasteiger partial charge in [-0.05, 0) is 37.1 Å². The monoisotopic (exact) mass is 253 g/mol. The number of ether oxygens (including phenoxy) is 1. The summed E-state index contributed by atoms with van der Waals surface area (Å²) in [5, 5.41) is 3.46. The highest BCUT2D eigenvalue weighted by Gasteiger charge is 2.19. The zero-order chi connectivity index (χ0) is 13.2. The largest absolute Gasteiger partial charge is 0.486 e. The van der Waals surface area contributed by atoms with Crippen molar-refractivity contribution < 1.29 is 4.74 Å². The van der Waals surface area contributed by atoms with Crippen LogP contribution in [0.3, 0.4) is 0 Å². The van der Waals surface area contributed by atoms with Crippen LogP contribution in [0.15, 0.2) is 42.5 Å². The second-order valence-electron chi connectivity index (χ2n) is 5.31. The van der Waals surface area contributed by atoms with Crippen molar-refractivity contribution in [1.29, 1.82) is 0 Å². The highest BCUT2D eigenvalue weighted by Crippen LogP contribution is 2.30. The first-order valence-corrected chi connectivity index (χ1v) is 6.77. The van der Waals surface area contributed by atoms with E-state index in [0.717, 1.165) is 24.4 Å². The number of rotatable bonds is 2. The van der Waals surface area contributed by atoms with Gasteiger partial charge in [0, 0.05) is 6.42 Å². The van der Waals surface area contributed by atoms with Crippen molar-refractivity contribution in [3.63, 3.8) is 0 Å². The smallest absolute Gasteiger partial charge is 0.142 e. The molecule has 2 aromatic carbocycles. The molecule has 1 heterocycles. The molecule has 0 bridgehead atoms. The highest BCUT2D eigenvalue weighted by atomic mass is 16.5. The first-order chi connectivity index (χ1) is 9.20. The third-order valence-corrected chi connectivity index (χ3v) is 3.49. The van der Waals surface area contributed by atoms with Gasteiger partial charge in [-0.1, -0.05) is 35.9 Å². The van der Waals surface area contributed by atoms with E-state index in [-0.39, 0.29) is 6.10 Å². The van der Waals surface area contributed by atoms with Gasteiger partial charge in [0.15, 0.2) is 0 Å². The molecule has 1 aliphatic heterocycles. The average molecular weight is 253 g/mol. The summed E-state index contributed by atoms with van der Waals surface area (Å²) >= 11 is 0. The lowest BCUT2D eigenvalue weighted by atomic mass is 10.0. The molecule has 1 unspecified atom stereocenters. The summed E-state index contributed by atoms with van der Waals surface area (Å²) in [7, 11) is 0. The summed E-state index contributed by atoms with van der Waals surface area (Å²) in [4.78, 5) is 0. The van der Waals surface area contributed by atoms with Crippen LogP contribution in [0, 0.1) is 13.8 Å². The molecule has 2 heteroatoms. The Kier molecular flexibility index (Phi) is 3.16. The molecule has 0 saturated carbocycles. The molecular weight excluding hydrogens is 234 g/mol. The van der Waals surface area contributed by atoms with Crippen LogP contribution in [-0.4, -0.2) is 12.6 Å². The normalized spacial score (nSPS) is 17.3. The molecule has 19 heavy (non-hydrogen) atoms. The van der Waals surface area contributed by atoms with E-state index in [1.54, 1.807) is 0 Å².